The first-order valence-corrected chi connectivity index (χ1v) is 22.6. The van der Waals surface area contributed by atoms with Crippen LogP contribution in [0.1, 0.15) is 44.1 Å². The van der Waals surface area contributed by atoms with Crippen LogP contribution in [0.25, 0.3) is 70.9 Å². The highest BCUT2D eigenvalue weighted by Crippen LogP contribution is 2.82. The quantitative estimate of drug-likeness (QED) is 0.153. The van der Waals surface area contributed by atoms with E-state index in [1.807, 2.05) is 0 Å². The summed E-state index contributed by atoms with van der Waals surface area (Å²) in [5, 5.41) is 10.3. The van der Waals surface area contributed by atoms with Crippen molar-refractivity contribution in [3.8, 4) is 16.8 Å². The molecule has 1 aromatic heterocycles. The normalized spacial score (nSPS) is 23.6. The SMILES string of the molecule is c1cc(-c2ccc(N(c3ccccc3C34C[C@@H]5CC6C[C@@H](C3)C4(C6)C5)c3cc4ccccc4c4ccccc34)cc2)cc(-n2c3ccccc3c3ccc4ccccc4c32)c1. The minimum absolute atomic E-state index is 0.271. The van der Waals surface area contributed by atoms with Crippen molar-refractivity contribution in [1.29, 1.82) is 0 Å². The summed E-state index contributed by atoms with van der Waals surface area (Å²) >= 11 is 0. The Morgan fingerprint density at radius 2 is 1.16 bits per heavy atom. The molecule has 2 nitrogen and oxygen atoms in total. The van der Waals surface area contributed by atoms with E-state index in [0.717, 1.165) is 17.8 Å². The molecular formula is C59H46N2. The van der Waals surface area contributed by atoms with E-state index in [4.69, 9.17) is 0 Å². The summed E-state index contributed by atoms with van der Waals surface area (Å²) in [6, 6.07) is 70.9. The van der Waals surface area contributed by atoms with Crippen LogP contribution in [-0.4, -0.2) is 4.57 Å². The lowest BCUT2D eigenvalue weighted by atomic mass is 9.44. The lowest BCUT2D eigenvalue weighted by Gasteiger charge is -2.60. The van der Waals surface area contributed by atoms with Gasteiger partial charge in [0.15, 0.2) is 0 Å². The van der Waals surface area contributed by atoms with Gasteiger partial charge in [-0.3, -0.25) is 0 Å². The number of fused-ring (bicyclic) bond motifs is 10. The maximum atomic E-state index is 2.64. The van der Waals surface area contributed by atoms with Gasteiger partial charge in [0.1, 0.15) is 0 Å². The topological polar surface area (TPSA) is 8.17 Å². The molecule has 4 aliphatic carbocycles. The highest BCUT2D eigenvalue weighted by Gasteiger charge is 2.75. The number of rotatable bonds is 6. The zero-order chi connectivity index (χ0) is 39.9. The molecule has 0 aliphatic heterocycles. The Labute approximate surface area is 356 Å². The molecule has 3 unspecified atom stereocenters. The molecule has 292 valence electrons. The zero-order valence-corrected chi connectivity index (χ0v) is 34.3. The van der Waals surface area contributed by atoms with E-state index in [2.05, 4.69) is 198 Å². The molecule has 3 bridgehead atoms. The van der Waals surface area contributed by atoms with Gasteiger partial charge < -0.3 is 9.47 Å². The summed E-state index contributed by atoms with van der Waals surface area (Å²) < 4.78 is 2.47. The number of nitrogens with zero attached hydrogens (tertiary/aromatic N) is 2. The molecule has 61 heavy (non-hydrogen) atoms. The van der Waals surface area contributed by atoms with E-state index in [1.54, 1.807) is 5.56 Å². The summed E-state index contributed by atoms with van der Waals surface area (Å²) in [6.07, 6.45) is 8.54. The Balaban J connectivity index is 0.941. The Kier molecular flexibility index (Phi) is 6.97. The molecule has 4 aliphatic rings. The zero-order valence-electron chi connectivity index (χ0n) is 34.3. The molecule has 1 spiro atoms. The van der Waals surface area contributed by atoms with Gasteiger partial charge in [0.25, 0.3) is 0 Å². The van der Waals surface area contributed by atoms with E-state index in [-0.39, 0.29) is 5.41 Å². The third-order valence-electron chi connectivity index (χ3n) is 16.3. The second kappa shape index (κ2) is 12.5. The van der Waals surface area contributed by atoms with E-state index in [0.29, 0.717) is 5.41 Å². The predicted octanol–water partition coefficient (Wildman–Crippen LogP) is 15.8. The fourth-order valence-electron chi connectivity index (χ4n) is 14.2. The molecule has 10 aromatic rings. The van der Waals surface area contributed by atoms with Crippen molar-refractivity contribution in [2.24, 2.45) is 23.2 Å². The monoisotopic (exact) mass is 782 g/mol. The van der Waals surface area contributed by atoms with Crippen molar-refractivity contribution < 1.29 is 0 Å². The maximum absolute atomic E-state index is 2.64. The molecule has 0 saturated heterocycles. The summed E-state index contributed by atoms with van der Waals surface area (Å²) in [7, 11) is 0. The third kappa shape index (κ3) is 4.63. The van der Waals surface area contributed by atoms with E-state index in [1.165, 1.54) is 127 Å². The van der Waals surface area contributed by atoms with Crippen molar-refractivity contribution in [2.45, 2.75) is 43.9 Å². The van der Waals surface area contributed by atoms with E-state index >= 15 is 0 Å². The Hall–Kier alpha value is -6.64. The first-order chi connectivity index (χ1) is 30.2. The van der Waals surface area contributed by atoms with Crippen molar-refractivity contribution in [2.75, 3.05) is 4.90 Å². The van der Waals surface area contributed by atoms with Crippen molar-refractivity contribution >= 4 is 71.2 Å². The third-order valence-corrected chi connectivity index (χ3v) is 16.3. The standard InChI is InChI=1S/C59H46N2/c1-4-17-48-41(12-1)26-29-52-51-20-7-9-22-54(51)61(57(48)52)46-15-11-14-42(32-46)40-24-27-45(28-25-40)60(56-33-43-13-2-3-16-47(43)49-18-5-6-19-50(49)56)55-23-10-8-21-53(55)59-36-39-30-38-31-44(37-59)58(59,34-38)35-39/h1-29,32-33,38-39,44H,30-31,34-37H2/t38?,39-,44+,58?,59?/m1/s1. The lowest BCUT2D eigenvalue weighted by molar-refractivity contribution is -0.0351. The average Bonchev–Trinajstić information content (AvgIpc) is 3.83. The van der Waals surface area contributed by atoms with Gasteiger partial charge in [-0.2, -0.15) is 0 Å². The second-order valence-corrected chi connectivity index (χ2v) is 19.1. The highest BCUT2D eigenvalue weighted by molar-refractivity contribution is 6.19. The van der Waals surface area contributed by atoms with Crippen molar-refractivity contribution in [3.63, 3.8) is 0 Å². The van der Waals surface area contributed by atoms with Gasteiger partial charge in [-0.15, -0.1) is 0 Å². The predicted molar refractivity (Wildman–Crippen MR) is 256 cm³/mol. The van der Waals surface area contributed by atoms with Crippen LogP contribution in [0.2, 0.25) is 0 Å². The molecule has 1 heterocycles. The van der Waals surface area contributed by atoms with Gasteiger partial charge in [0.2, 0.25) is 0 Å². The van der Waals surface area contributed by atoms with Crippen LogP contribution in [0.3, 0.4) is 0 Å². The van der Waals surface area contributed by atoms with Gasteiger partial charge in [0.05, 0.1) is 16.7 Å². The summed E-state index contributed by atoms with van der Waals surface area (Å²) in [6.45, 7) is 0. The minimum Gasteiger partial charge on any atom is -0.310 e. The maximum Gasteiger partial charge on any atom is 0.0619 e. The number of hydrogen-bond donors (Lipinski definition) is 0. The fourth-order valence-corrected chi connectivity index (χ4v) is 14.2. The van der Waals surface area contributed by atoms with Crippen LogP contribution < -0.4 is 4.90 Å². The van der Waals surface area contributed by atoms with Crippen LogP contribution in [0.5, 0.6) is 0 Å². The van der Waals surface area contributed by atoms with Crippen LogP contribution in [0.15, 0.2) is 188 Å². The first kappa shape index (κ1) is 34.1. The molecule has 9 aromatic carbocycles. The molecule has 4 fully saturated rings. The summed E-state index contributed by atoms with van der Waals surface area (Å²) in [5.41, 5.74) is 12.3. The number of para-hydroxylation sites is 2. The fraction of sp³-hybridized carbons (Fsp3) is 0.186. The Morgan fingerprint density at radius 3 is 2.05 bits per heavy atom. The minimum atomic E-state index is 0.271. The van der Waals surface area contributed by atoms with Crippen LogP contribution in [-0.2, 0) is 5.41 Å². The molecule has 2 heteroatoms. The van der Waals surface area contributed by atoms with Gasteiger partial charge >= 0.3 is 0 Å². The van der Waals surface area contributed by atoms with Crippen LogP contribution >= 0.6 is 0 Å². The molecule has 4 saturated carbocycles. The van der Waals surface area contributed by atoms with Crippen LogP contribution in [0.4, 0.5) is 17.1 Å². The smallest absolute Gasteiger partial charge is 0.0619 e. The molecular weight excluding hydrogens is 737 g/mol. The van der Waals surface area contributed by atoms with Gasteiger partial charge in [-0.05, 0) is 142 Å². The van der Waals surface area contributed by atoms with Gasteiger partial charge in [-0.25, -0.2) is 0 Å². The largest absolute Gasteiger partial charge is 0.310 e. The molecule has 14 rings (SSSR count). The van der Waals surface area contributed by atoms with Gasteiger partial charge in [0, 0.05) is 44.0 Å². The number of benzene rings is 9. The molecule has 0 radical (unpaired) electrons. The van der Waals surface area contributed by atoms with E-state index in [9.17, 15) is 0 Å². The number of hydrogen-bond acceptors (Lipinski definition) is 1. The number of aromatic nitrogens is 1. The number of anilines is 3. The molecule has 0 amide bonds. The van der Waals surface area contributed by atoms with Gasteiger partial charge in [-0.1, -0.05) is 146 Å². The Morgan fingerprint density at radius 1 is 0.443 bits per heavy atom. The second-order valence-electron chi connectivity index (χ2n) is 19.1. The van der Waals surface area contributed by atoms with Crippen molar-refractivity contribution in [1.82, 2.24) is 4.57 Å². The van der Waals surface area contributed by atoms with Crippen molar-refractivity contribution in [3.05, 3.63) is 194 Å². The summed E-state index contributed by atoms with van der Waals surface area (Å²) in [4.78, 5) is 2.64. The lowest BCUT2D eigenvalue weighted by Crippen LogP contribution is -2.55. The molecule has 0 N–H and O–H groups in total. The van der Waals surface area contributed by atoms with E-state index < -0.39 is 0 Å². The highest BCUT2D eigenvalue weighted by atomic mass is 15.1. The summed E-state index contributed by atoms with van der Waals surface area (Å²) in [5.74, 6) is 2.73. The first-order valence-electron chi connectivity index (χ1n) is 22.6. The molecule has 5 atom stereocenters. The Bertz CT molecular complexity index is 3420. The van der Waals surface area contributed by atoms with Crippen LogP contribution in [0, 0.1) is 23.2 Å². The average molecular weight is 783 g/mol.